The second kappa shape index (κ2) is 22.3. The third kappa shape index (κ3) is 12.7. The van der Waals surface area contributed by atoms with Crippen LogP contribution in [-0.2, 0) is 48.2 Å². The summed E-state index contributed by atoms with van der Waals surface area (Å²) in [5.74, 6) is 0.598. The van der Waals surface area contributed by atoms with Gasteiger partial charge in [-0.15, -0.1) is 24.3 Å². The number of hydrogen-bond acceptors (Lipinski definition) is 4. The van der Waals surface area contributed by atoms with E-state index < -0.39 is 0 Å². The second-order valence-corrected chi connectivity index (χ2v) is 14.5. The first kappa shape index (κ1) is 45.8. The Morgan fingerprint density at radius 3 is 1.07 bits per heavy atom. The van der Waals surface area contributed by atoms with Gasteiger partial charge in [0.15, 0.2) is 0 Å². The minimum atomic E-state index is -0.173. The summed E-state index contributed by atoms with van der Waals surface area (Å²) in [6.07, 6.45) is 1.37. The number of para-hydroxylation sites is 2. The maximum Gasteiger partial charge on any atom is 0.126 e. The van der Waals surface area contributed by atoms with Crippen LogP contribution in [-0.4, -0.2) is 36.6 Å². The van der Waals surface area contributed by atoms with Crippen molar-refractivity contribution >= 4 is 0 Å². The zero-order valence-electron chi connectivity index (χ0n) is 34.4. The number of methoxy groups -OCH3 is 2. The molecule has 0 heterocycles. The first-order chi connectivity index (χ1) is 26.3. The van der Waals surface area contributed by atoms with E-state index in [0.29, 0.717) is 30.8 Å². The second-order valence-electron chi connectivity index (χ2n) is 14.5. The molecule has 0 radical (unpaired) electrons. The fraction of sp³-hybridized carbons (Fsp3) is 0.255. The Hall–Kier alpha value is -4.55. The van der Waals surface area contributed by atoms with E-state index >= 15 is 0 Å². The molecule has 56 heavy (non-hydrogen) atoms. The molecular formula is C51H58HfO4-2. The Balaban J connectivity index is 0.000000467. The molecule has 0 spiro atoms. The predicted octanol–water partition coefficient (Wildman–Crippen LogP) is 12.2. The SMILES string of the molecule is CO[C@H](Cc1cccc(-c2c(C)cc(C)cc2C)c1O)C[C@@H](Cc1cccc(-c2c(C)cc(C)cc2C)c1O)OC.[CH2-]c1ccccc1.[CH2-]c1ccccc1.[Hf]. The Labute approximate surface area is 355 Å². The summed E-state index contributed by atoms with van der Waals surface area (Å²) in [5.41, 5.74) is 14.7. The third-order valence-electron chi connectivity index (χ3n) is 9.91. The zero-order valence-corrected chi connectivity index (χ0v) is 38.0. The number of ether oxygens (including phenoxy) is 2. The van der Waals surface area contributed by atoms with Gasteiger partial charge >= 0.3 is 0 Å². The maximum absolute atomic E-state index is 11.3. The summed E-state index contributed by atoms with van der Waals surface area (Å²) in [4.78, 5) is 0. The van der Waals surface area contributed by atoms with Crippen molar-refractivity contribution in [2.75, 3.05) is 14.2 Å². The topological polar surface area (TPSA) is 58.9 Å². The molecule has 4 nitrogen and oxygen atoms in total. The number of rotatable bonds is 10. The fourth-order valence-electron chi connectivity index (χ4n) is 7.39. The number of aromatic hydroxyl groups is 2. The van der Waals surface area contributed by atoms with Gasteiger partial charge in [0.05, 0.1) is 12.2 Å². The fourth-order valence-corrected chi connectivity index (χ4v) is 7.39. The van der Waals surface area contributed by atoms with Crippen molar-refractivity contribution in [1.82, 2.24) is 0 Å². The van der Waals surface area contributed by atoms with Crippen LogP contribution in [0, 0.1) is 55.4 Å². The Morgan fingerprint density at radius 2 is 0.804 bits per heavy atom. The first-order valence-electron chi connectivity index (χ1n) is 18.9. The smallest absolute Gasteiger partial charge is 0.126 e. The van der Waals surface area contributed by atoms with Crippen molar-refractivity contribution in [2.24, 2.45) is 0 Å². The molecule has 0 saturated carbocycles. The number of phenols is 2. The Kier molecular flexibility index (Phi) is 18.2. The molecule has 2 atom stereocenters. The average molecular weight is 914 g/mol. The van der Waals surface area contributed by atoms with Gasteiger partial charge in [0.25, 0.3) is 0 Å². The molecule has 0 fully saturated rings. The van der Waals surface area contributed by atoms with Crippen molar-refractivity contribution in [3.05, 3.63) is 191 Å². The van der Waals surface area contributed by atoms with Gasteiger partial charge in [0.2, 0.25) is 0 Å². The third-order valence-corrected chi connectivity index (χ3v) is 9.91. The van der Waals surface area contributed by atoms with E-state index in [2.05, 4.69) is 79.7 Å². The molecule has 0 amide bonds. The van der Waals surface area contributed by atoms with Crippen LogP contribution < -0.4 is 0 Å². The normalized spacial score (nSPS) is 11.6. The van der Waals surface area contributed by atoms with Crippen LogP contribution >= 0.6 is 0 Å². The number of hydrogen-bond donors (Lipinski definition) is 2. The van der Waals surface area contributed by atoms with E-state index in [1.54, 1.807) is 14.2 Å². The predicted molar refractivity (Wildman–Crippen MR) is 231 cm³/mol. The largest absolute Gasteiger partial charge is 0.507 e. The van der Waals surface area contributed by atoms with E-state index in [-0.39, 0.29) is 38.1 Å². The standard InChI is InChI=1S/C37H44O4.2C7H7.Hf/c1-22-15-24(3)34(25(4)16-22)32-13-9-11-28(36(32)38)19-30(40-7)21-31(41-8)20-29-12-10-14-33(37(29)39)35-26(5)17-23(2)18-27(35)6;2*1-7-5-3-2-4-6-7;/h9-18,30-31,38-39H,19-21H2,1-8H3;2*2-6H,1H2;/q;2*-1;/t30-,31-;;;/m1.../s1. The molecular weight excluding hydrogens is 855 g/mol. The van der Waals surface area contributed by atoms with E-state index in [0.717, 1.165) is 66.8 Å². The Morgan fingerprint density at radius 1 is 0.482 bits per heavy atom. The van der Waals surface area contributed by atoms with E-state index in [4.69, 9.17) is 9.47 Å². The van der Waals surface area contributed by atoms with Crippen LogP contribution in [0.4, 0.5) is 0 Å². The van der Waals surface area contributed by atoms with Gasteiger partial charge < -0.3 is 19.7 Å². The van der Waals surface area contributed by atoms with Crippen LogP contribution in [0.25, 0.3) is 22.3 Å². The Bertz CT molecular complexity index is 1930. The number of phenolic OH excluding ortho intramolecular Hbond substituents is 2. The van der Waals surface area contributed by atoms with Crippen LogP contribution in [0.2, 0.25) is 0 Å². The van der Waals surface area contributed by atoms with Crippen molar-refractivity contribution in [2.45, 2.75) is 73.0 Å². The van der Waals surface area contributed by atoms with Crippen molar-refractivity contribution in [3.8, 4) is 33.8 Å². The minimum absolute atomic E-state index is 0. The van der Waals surface area contributed by atoms with Gasteiger partial charge in [0.1, 0.15) is 11.5 Å². The zero-order chi connectivity index (χ0) is 40.1. The van der Waals surface area contributed by atoms with Crippen LogP contribution in [0.15, 0.2) is 121 Å². The summed E-state index contributed by atoms with van der Waals surface area (Å²) >= 11 is 0. The minimum Gasteiger partial charge on any atom is -0.507 e. The van der Waals surface area contributed by atoms with Crippen LogP contribution in [0.3, 0.4) is 0 Å². The summed E-state index contributed by atoms with van der Waals surface area (Å²) in [6.45, 7) is 20.0. The quantitative estimate of drug-likeness (QED) is 0.106. The van der Waals surface area contributed by atoms with Crippen molar-refractivity contribution in [3.63, 3.8) is 0 Å². The first-order valence-corrected chi connectivity index (χ1v) is 18.9. The van der Waals surface area contributed by atoms with Gasteiger partial charge in [-0.3, -0.25) is 0 Å². The van der Waals surface area contributed by atoms with E-state index in [1.165, 1.54) is 11.1 Å². The molecule has 0 saturated heterocycles. The number of benzene rings is 6. The molecule has 0 aliphatic carbocycles. The molecule has 6 aromatic carbocycles. The molecule has 2 N–H and O–H groups in total. The van der Waals surface area contributed by atoms with E-state index in [9.17, 15) is 10.2 Å². The van der Waals surface area contributed by atoms with Gasteiger partial charge in [-0.1, -0.05) is 83.9 Å². The molecule has 292 valence electrons. The van der Waals surface area contributed by atoms with Gasteiger partial charge in [-0.2, -0.15) is 49.2 Å². The molecule has 0 aromatic heterocycles. The summed E-state index contributed by atoms with van der Waals surface area (Å²) in [6, 6.07) is 40.3. The summed E-state index contributed by atoms with van der Waals surface area (Å²) in [5, 5.41) is 22.7. The molecule has 0 aliphatic heterocycles. The molecule has 5 heteroatoms. The molecule has 6 aromatic rings. The van der Waals surface area contributed by atoms with Gasteiger partial charge in [-0.05, 0) is 86.1 Å². The molecule has 0 aliphatic rings. The molecule has 0 bridgehead atoms. The molecule has 0 unspecified atom stereocenters. The van der Waals surface area contributed by atoms with Crippen molar-refractivity contribution < 1.29 is 45.5 Å². The van der Waals surface area contributed by atoms with Gasteiger partial charge in [0, 0.05) is 70.5 Å². The van der Waals surface area contributed by atoms with Gasteiger partial charge in [-0.25, -0.2) is 0 Å². The van der Waals surface area contributed by atoms with E-state index in [1.807, 2.05) is 97.1 Å². The summed E-state index contributed by atoms with van der Waals surface area (Å²) < 4.78 is 11.8. The summed E-state index contributed by atoms with van der Waals surface area (Å²) in [7, 11) is 3.40. The average Bonchev–Trinajstić information content (AvgIpc) is 3.14. The monoisotopic (exact) mass is 914 g/mol. The molecule has 6 rings (SSSR count). The van der Waals surface area contributed by atoms with Crippen molar-refractivity contribution in [1.29, 1.82) is 0 Å². The van der Waals surface area contributed by atoms with Crippen LogP contribution in [0.1, 0.15) is 62.1 Å². The maximum atomic E-state index is 11.3. The number of aryl methyl sites for hydroxylation is 6. The van der Waals surface area contributed by atoms with Crippen LogP contribution in [0.5, 0.6) is 11.5 Å².